The first-order chi connectivity index (χ1) is 14.6. The third kappa shape index (κ3) is 4.73. The lowest BCUT2D eigenvalue weighted by atomic mass is 9.96. The fraction of sp³-hybridized carbons (Fsp3) is 0.440. The Morgan fingerprint density at radius 1 is 1.19 bits per heavy atom. The third-order valence-corrected chi connectivity index (χ3v) is 5.96. The van der Waals surface area contributed by atoms with Gasteiger partial charge < -0.3 is 15.0 Å². The molecule has 0 spiro atoms. The Morgan fingerprint density at radius 2 is 1.97 bits per heavy atom. The number of benzene rings is 2. The quantitative estimate of drug-likeness (QED) is 0.768. The number of aryl methyl sites for hydroxylation is 1. The molecule has 1 aliphatic carbocycles. The van der Waals surface area contributed by atoms with E-state index in [1.54, 1.807) is 6.07 Å². The van der Waals surface area contributed by atoms with E-state index >= 15 is 0 Å². The summed E-state index contributed by atoms with van der Waals surface area (Å²) in [4.78, 5) is 27.6. The number of rotatable bonds is 4. The molecular weight excluding hydrogens is 395 g/mol. The van der Waals surface area contributed by atoms with Crippen molar-refractivity contribution in [3.8, 4) is 11.1 Å². The molecule has 0 aromatic heterocycles. The smallest absolute Gasteiger partial charge is 0.407 e. The highest BCUT2D eigenvalue weighted by molar-refractivity contribution is 6.01. The van der Waals surface area contributed by atoms with Gasteiger partial charge in [0.15, 0.2) is 0 Å². The first-order valence-electron chi connectivity index (χ1n) is 10.8. The molecule has 1 saturated carbocycles. The Bertz CT molecular complexity index is 1010. The van der Waals surface area contributed by atoms with Crippen LogP contribution in [0.3, 0.4) is 0 Å². The second kappa shape index (κ2) is 7.98. The lowest BCUT2D eigenvalue weighted by molar-refractivity contribution is 0.0493. The van der Waals surface area contributed by atoms with Gasteiger partial charge >= 0.3 is 6.09 Å². The molecule has 164 valence electrons. The lowest BCUT2D eigenvalue weighted by Crippen LogP contribution is -2.46. The molecule has 0 bridgehead atoms. The van der Waals surface area contributed by atoms with E-state index in [2.05, 4.69) is 5.32 Å². The van der Waals surface area contributed by atoms with Crippen molar-refractivity contribution < 1.29 is 18.7 Å². The van der Waals surface area contributed by atoms with E-state index in [9.17, 15) is 14.0 Å². The monoisotopic (exact) mass is 424 g/mol. The van der Waals surface area contributed by atoms with Gasteiger partial charge in [0.25, 0.3) is 5.91 Å². The summed E-state index contributed by atoms with van der Waals surface area (Å²) >= 11 is 0. The van der Waals surface area contributed by atoms with Crippen LogP contribution in [0.2, 0.25) is 0 Å². The molecule has 2 amide bonds. The van der Waals surface area contributed by atoms with Crippen LogP contribution in [-0.4, -0.2) is 41.6 Å². The number of alkyl carbamates (subject to hydrolysis) is 1. The van der Waals surface area contributed by atoms with Gasteiger partial charge in [-0.2, -0.15) is 0 Å². The third-order valence-electron chi connectivity index (χ3n) is 5.96. The van der Waals surface area contributed by atoms with E-state index in [0.29, 0.717) is 36.1 Å². The number of fused-ring (bicyclic) bond motifs is 1. The Balaban J connectivity index is 1.56. The summed E-state index contributed by atoms with van der Waals surface area (Å²) in [7, 11) is 0. The minimum Gasteiger partial charge on any atom is -0.444 e. The van der Waals surface area contributed by atoms with Gasteiger partial charge in [-0.25, -0.2) is 9.18 Å². The van der Waals surface area contributed by atoms with E-state index in [1.165, 1.54) is 12.1 Å². The highest BCUT2D eigenvalue weighted by Crippen LogP contribution is 2.50. The number of amides is 2. The SMILES string of the molecule is Cc1ccc(C(=O)N2C[C@H]3CC3[C@H]2CNC(=O)OC(C)(C)C)c(-c2cccc(F)c2)c1. The van der Waals surface area contributed by atoms with Gasteiger partial charge in [0.05, 0.1) is 6.04 Å². The zero-order valence-electron chi connectivity index (χ0n) is 18.4. The van der Waals surface area contributed by atoms with E-state index in [0.717, 1.165) is 17.5 Å². The molecule has 0 radical (unpaired) electrons. The van der Waals surface area contributed by atoms with Gasteiger partial charge in [-0.1, -0.05) is 29.8 Å². The van der Waals surface area contributed by atoms with E-state index < -0.39 is 11.7 Å². The fourth-order valence-corrected chi connectivity index (χ4v) is 4.46. The molecule has 2 aromatic rings. The summed E-state index contributed by atoms with van der Waals surface area (Å²) in [5.74, 6) is 0.473. The fourth-order valence-electron chi connectivity index (χ4n) is 4.46. The molecule has 2 fully saturated rings. The summed E-state index contributed by atoms with van der Waals surface area (Å²) in [6, 6.07) is 11.9. The molecule has 1 aliphatic heterocycles. The zero-order valence-corrected chi connectivity index (χ0v) is 18.4. The van der Waals surface area contributed by atoms with E-state index in [1.807, 2.05) is 56.9 Å². The van der Waals surface area contributed by atoms with Gasteiger partial charge in [0.1, 0.15) is 11.4 Å². The van der Waals surface area contributed by atoms with Gasteiger partial charge in [0.2, 0.25) is 0 Å². The number of halogens is 1. The Kier molecular flexibility index (Phi) is 5.50. The van der Waals surface area contributed by atoms with Crippen LogP contribution in [-0.2, 0) is 4.74 Å². The molecule has 1 unspecified atom stereocenters. The minimum absolute atomic E-state index is 0.0633. The van der Waals surface area contributed by atoms with E-state index in [4.69, 9.17) is 4.74 Å². The highest BCUT2D eigenvalue weighted by atomic mass is 19.1. The molecule has 1 saturated heterocycles. The minimum atomic E-state index is -0.570. The van der Waals surface area contributed by atoms with Crippen molar-refractivity contribution in [1.29, 1.82) is 0 Å². The molecule has 2 aliphatic rings. The number of carbonyl (C=O) groups excluding carboxylic acids is 2. The molecular formula is C25H29FN2O3. The standard InChI is InChI=1S/C25H29FN2O3/c1-15-8-9-19(20(10-15)16-6-5-7-18(26)11-16)23(29)28-14-17-12-21(17)22(28)13-27-24(30)31-25(2,3)4/h5-11,17,21-22H,12-14H2,1-4H3,(H,27,30)/t17-,21?,22-/m1/s1. The average Bonchev–Trinajstić information content (AvgIpc) is 3.36. The van der Waals surface area contributed by atoms with Crippen LogP contribution in [0.1, 0.15) is 43.1 Å². The van der Waals surface area contributed by atoms with Crippen molar-refractivity contribution >= 4 is 12.0 Å². The van der Waals surface area contributed by atoms with Gasteiger partial charge in [-0.05, 0) is 75.3 Å². The summed E-state index contributed by atoms with van der Waals surface area (Å²) < 4.78 is 19.2. The molecule has 4 rings (SSSR count). The van der Waals surface area contributed by atoms with Crippen molar-refractivity contribution in [2.24, 2.45) is 11.8 Å². The van der Waals surface area contributed by atoms with Gasteiger partial charge in [0, 0.05) is 18.7 Å². The molecule has 31 heavy (non-hydrogen) atoms. The summed E-state index contributed by atoms with van der Waals surface area (Å²) in [6.45, 7) is 8.46. The molecule has 1 N–H and O–H groups in total. The van der Waals surface area contributed by atoms with E-state index in [-0.39, 0.29) is 17.8 Å². The van der Waals surface area contributed by atoms with Crippen LogP contribution in [0.5, 0.6) is 0 Å². The van der Waals surface area contributed by atoms with Gasteiger partial charge in [-0.3, -0.25) is 4.79 Å². The largest absolute Gasteiger partial charge is 0.444 e. The van der Waals surface area contributed by atoms with Crippen LogP contribution in [0.15, 0.2) is 42.5 Å². The second-order valence-electron chi connectivity index (χ2n) is 9.63. The van der Waals surface area contributed by atoms with Crippen LogP contribution < -0.4 is 5.32 Å². The van der Waals surface area contributed by atoms with Crippen molar-refractivity contribution in [2.45, 2.75) is 45.8 Å². The summed E-state index contributed by atoms with van der Waals surface area (Å²) in [5, 5.41) is 2.83. The number of carbonyl (C=O) groups is 2. The predicted octanol–water partition coefficient (Wildman–Crippen LogP) is 4.79. The number of nitrogens with zero attached hydrogens (tertiary/aromatic N) is 1. The summed E-state index contributed by atoms with van der Waals surface area (Å²) in [5.41, 5.74) is 2.39. The Labute approximate surface area is 182 Å². The van der Waals surface area contributed by atoms with Crippen molar-refractivity contribution in [1.82, 2.24) is 10.2 Å². The maximum absolute atomic E-state index is 13.9. The van der Waals surface area contributed by atoms with Gasteiger partial charge in [-0.15, -0.1) is 0 Å². The van der Waals surface area contributed by atoms with Crippen molar-refractivity contribution in [2.75, 3.05) is 13.1 Å². The lowest BCUT2D eigenvalue weighted by Gasteiger charge is -2.29. The number of ether oxygens (including phenoxy) is 1. The van der Waals surface area contributed by atoms with Crippen LogP contribution in [0.25, 0.3) is 11.1 Å². The summed E-state index contributed by atoms with van der Waals surface area (Å²) in [6.07, 6.45) is 0.606. The Hall–Kier alpha value is -2.89. The molecule has 5 nitrogen and oxygen atoms in total. The second-order valence-corrected chi connectivity index (χ2v) is 9.63. The molecule has 1 heterocycles. The van der Waals surface area contributed by atoms with Crippen LogP contribution in [0.4, 0.5) is 9.18 Å². The number of nitrogens with one attached hydrogen (secondary N) is 1. The van der Waals surface area contributed by atoms with Crippen LogP contribution in [0, 0.1) is 24.6 Å². The van der Waals surface area contributed by atoms with Crippen molar-refractivity contribution in [3.05, 3.63) is 59.4 Å². The topological polar surface area (TPSA) is 58.6 Å². The number of piperidine rings is 1. The van der Waals surface area contributed by atoms with Crippen molar-refractivity contribution in [3.63, 3.8) is 0 Å². The predicted molar refractivity (Wildman–Crippen MR) is 117 cm³/mol. The number of hydrogen-bond acceptors (Lipinski definition) is 3. The Morgan fingerprint density at radius 3 is 2.68 bits per heavy atom. The average molecular weight is 425 g/mol. The molecule has 3 atom stereocenters. The number of likely N-dealkylation sites (tertiary alicyclic amines) is 1. The normalized spacial score (nSPS) is 22.1. The number of hydrogen-bond donors (Lipinski definition) is 1. The first-order valence-corrected chi connectivity index (χ1v) is 10.8. The maximum Gasteiger partial charge on any atom is 0.407 e. The molecule has 2 aromatic carbocycles. The highest BCUT2D eigenvalue weighted by Gasteiger charge is 2.54. The van der Waals surface area contributed by atoms with Crippen LogP contribution >= 0.6 is 0 Å². The maximum atomic E-state index is 13.9. The first kappa shape index (κ1) is 21.3. The zero-order chi connectivity index (χ0) is 22.3. The molecule has 6 heteroatoms.